The van der Waals surface area contributed by atoms with Crippen molar-refractivity contribution in [3.8, 4) is 5.75 Å². The van der Waals surface area contributed by atoms with Crippen molar-refractivity contribution in [1.29, 1.82) is 0 Å². The predicted molar refractivity (Wildman–Crippen MR) is 62.2 cm³/mol. The van der Waals surface area contributed by atoms with Crippen LogP contribution in [0.25, 0.3) is 11.0 Å². The molecule has 1 unspecified atom stereocenters. The molecule has 0 fully saturated rings. The topological polar surface area (TPSA) is 89.1 Å². The minimum Gasteiger partial charge on any atom is -0.423 e. The van der Waals surface area contributed by atoms with Crippen molar-refractivity contribution >= 4 is 11.0 Å². The van der Waals surface area contributed by atoms with E-state index in [0.717, 1.165) is 5.39 Å². The van der Waals surface area contributed by atoms with Crippen LogP contribution < -0.4 is 10.5 Å². The second-order valence-corrected chi connectivity index (χ2v) is 3.66. The van der Waals surface area contributed by atoms with Crippen LogP contribution in [0.3, 0.4) is 0 Å². The van der Waals surface area contributed by atoms with E-state index in [9.17, 15) is 4.79 Å². The van der Waals surface area contributed by atoms with Gasteiger partial charge in [-0.05, 0) is 18.2 Å². The lowest BCUT2D eigenvalue weighted by atomic mass is 10.2. The molecule has 0 aliphatic heterocycles. The molecule has 1 aromatic heterocycles. The molecule has 2 aromatic rings. The molecule has 0 spiro atoms. The average molecular weight is 252 g/mol. The highest BCUT2D eigenvalue weighted by atomic mass is 17.2. The van der Waals surface area contributed by atoms with E-state index in [-0.39, 0.29) is 6.61 Å². The summed E-state index contributed by atoms with van der Waals surface area (Å²) in [6, 6.07) is 7.81. The molecule has 0 aliphatic carbocycles. The normalized spacial score (nSPS) is 12.6. The van der Waals surface area contributed by atoms with Crippen molar-refractivity contribution in [2.24, 2.45) is 0 Å². The third-order valence-electron chi connectivity index (χ3n) is 2.22. The average Bonchev–Trinajstić information content (AvgIpc) is 2.38. The van der Waals surface area contributed by atoms with E-state index >= 15 is 0 Å². The summed E-state index contributed by atoms with van der Waals surface area (Å²) in [7, 11) is 0. The summed E-state index contributed by atoms with van der Waals surface area (Å²) >= 11 is 0. The summed E-state index contributed by atoms with van der Waals surface area (Å²) in [5, 5.41) is 18.4. The van der Waals surface area contributed by atoms with E-state index in [0.29, 0.717) is 11.3 Å². The van der Waals surface area contributed by atoms with Crippen LogP contribution in [-0.4, -0.2) is 29.5 Å². The largest absolute Gasteiger partial charge is 0.423 e. The molecular weight excluding hydrogens is 240 g/mol. The maximum atomic E-state index is 11.0. The molecule has 0 aliphatic rings. The Morgan fingerprint density at radius 2 is 2.06 bits per heavy atom. The lowest BCUT2D eigenvalue weighted by Gasteiger charge is -2.08. The molecule has 2 rings (SSSR count). The number of hydrogen-bond acceptors (Lipinski definition) is 6. The fraction of sp³-hybridized carbons (Fsp3) is 0.250. The Labute approximate surface area is 102 Å². The monoisotopic (exact) mass is 252 g/mol. The number of benzene rings is 1. The van der Waals surface area contributed by atoms with Crippen LogP contribution in [0.1, 0.15) is 0 Å². The lowest BCUT2D eigenvalue weighted by Crippen LogP contribution is -2.20. The van der Waals surface area contributed by atoms with E-state index < -0.39 is 18.3 Å². The molecule has 0 saturated heterocycles. The minimum absolute atomic E-state index is 0.159. The van der Waals surface area contributed by atoms with E-state index in [4.69, 9.17) is 24.4 Å². The summed E-state index contributed by atoms with van der Waals surface area (Å²) in [6.45, 7) is -0.566. The van der Waals surface area contributed by atoms with Gasteiger partial charge >= 0.3 is 5.63 Å². The first-order valence-electron chi connectivity index (χ1n) is 5.31. The van der Waals surface area contributed by atoms with Gasteiger partial charge < -0.3 is 19.5 Å². The van der Waals surface area contributed by atoms with Gasteiger partial charge in [0.25, 0.3) is 0 Å². The summed E-state index contributed by atoms with van der Waals surface area (Å²) in [4.78, 5) is 20.7. The van der Waals surface area contributed by atoms with Crippen LogP contribution in [0.2, 0.25) is 0 Å². The van der Waals surface area contributed by atoms with Crippen molar-refractivity contribution in [2.75, 3.05) is 13.2 Å². The second kappa shape index (κ2) is 5.63. The summed E-state index contributed by atoms with van der Waals surface area (Å²) < 4.78 is 4.97. The molecule has 1 aromatic carbocycles. The Bertz CT molecular complexity index is 576. The molecule has 0 saturated carbocycles. The van der Waals surface area contributed by atoms with Crippen molar-refractivity contribution in [3.05, 3.63) is 40.8 Å². The fourth-order valence-corrected chi connectivity index (χ4v) is 1.33. The molecule has 6 heteroatoms. The van der Waals surface area contributed by atoms with Crippen LogP contribution in [0.5, 0.6) is 5.75 Å². The van der Waals surface area contributed by atoms with E-state index in [1.807, 2.05) is 0 Å². The molecule has 2 N–H and O–H groups in total. The first-order valence-corrected chi connectivity index (χ1v) is 5.31. The van der Waals surface area contributed by atoms with E-state index in [2.05, 4.69) is 0 Å². The molecule has 6 nitrogen and oxygen atoms in total. The van der Waals surface area contributed by atoms with Gasteiger partial charge in [0.05, 0.1) is 6.61 Å². The van der Waals surface area contributed by atoms with E-state index in [1.54, 1.807) is 18.2 Å². The van der Waals surface area contributed by atoms with Crippen molar-refractivity contribution in [2.45, 2.75) is 6.10 Å². The van der Waals surface area contributed by atoms with Crippen molar-refractivity contribution in [3.63, 3.8) is 0 Å². The number of aliphatic hydroxyl groups is 2. The summed E-state index contributed by atoms with van der Waals surface area (Å²) in [5.74, 6) is 0.335. The first kappa shape index (κ1) is 12.6. The SMILES string of the molecule is O=c1ccc2ccc(OOCC(O)CO)cc2o1. The van der Waals surface area contributed by atoms with Gasteiger partial charge in [-0.25, -0.2) is 4.79 Å². The van der Waals surface area contributed by atoms with Crippen molar-refractivity contribution in [1.82, 2.24) is 0 Å². The smallest absolute Gasteiger partial charge is 0.336 e. The first-order chi connectivity index (χ1) is 8.69. The van der Waals surface area contributed by atoms with Gasteiger partial charge in [0.15, 0.2) is 5.75 Å². The van der Waals surface area contributed by atoms with Gasteiger partial charge in [0, 0.05) is 17.5 Å². The van der Waals surface area contributed by atoms with Gasteiger partial charge in [0.1, 0.15) is 18.3 Å². The molecule has 0 amide bonds. The number of aliphatic hydroxyl groups excluding tert-OH is 2. The standard InChI is InChI=1S/C12H12O6/c13-6-9(14)7-16-18-10-3-1-8-2-4-12(15)17-11(8)5-10/h1-5,9,13-14H,6-7H2. The van der Waals surface area contributed by atoms with Gasteiger partial charge in [-0.3, -0.25) is 0 Å². The number of hydrogen-bond donors (Lipinski definition) is 2. The van der Waals surface area contributed by atoms with Crippen molar-refractivity contribution < 1.29 is 24.4 Å². The molecule has 96 valence electrons. The zero-order valence-corrected chi connectivity index (χ0v) is 9.41. The van der Waals surface area contributed by atoms with Gasteiger partial charge in [-0.2, -0.15) is 4.89 Å². The highest BCUT2D eigenvalue weighted by Gasteiger charge is 2.04. The highest BCUT2D eigenvalue weighted by Crippen LogP contribution is 2.19. The molecule has 1 heterocycles. The Hall–Kier alpha value is -1.89. The lowest BCUT2D eigenvalue weighted by molar-refractivity contribution is -0.226. The minimum atomic E-state index is -0.997. The zero-order chi connectivity index (χ0) is 13.0. The fourth-order valence-electron chi connectivity index (χ4n) is 1.33. The second-order valence-electron chi connectivity index (χ2n) is 3.66. The quantitative estimate of drug-likeness (QED) is 0.456. The van der Waals surface area contributed by atoms with Gasteiger partial charge in [-0.1, -0.05) is 0 Å². The Morgan fingerprint density at radius 3 is 2.83 bits per heavy atom. The molecule has 1 atom stereocenters. The molecule has 0 radical (unpaired) electrons. The predicted octanol–water partition coefficient (Wildman–Crippen LogP) is 0.457. The summed E-state index contributed by atoms with van der Waals surface area (Å²) in [6.07, 6.45) is -0.997. The van der Waals surface area contributed by atoms with E-state index in [1.165, 1.54) is 12.1 Å². The Morgan fingerprint density at radius 1 is 1.28 bits per heavy atom. The molecule has 0 bridgehead atoms. The van der Waals surface area contributed by atoms with Gasteiger partial charge in [0.2, 0.25) is 0 Å². The highest BCUT2D eigenvalue weighted by molar-refractivity contribution is 5.77. The third kappa shape index (κ3) is 3.07. The molecule has 18 heavy (non-hydrogen) atoms. The number of fused-ring (bicyclic) bond motifs is 1. The molecular formula is C12H12O6. The summed E-state index contributed by atoms with van der Waals surface area (Å²) in [5.41, 5.74) is -0.0671. The van der Waals surface area contributed by atoms with Crippen LogP contribution in [0, 0.1) is 0 Å². The third-order valence-corrected chi connectivity index (χ3v) is 2.22. The Balaban J connectivity index is 2.07. The van der Waals surface area contributed by atoms with Crippen LogP contribution >= 0.6 is 0 Å². The zero-order valence-electron chi connectivity index (χ0n) is 9.41. The maximum absolute atomic E-state index is 11.0. The van der Waals surface area contributed by atoms with Crippen LogP contribution in [-0.2, 0) is 4.89 Å². The Kier molecular flexibility index (Phi) is 3.93. The maximum Gasteiger partial charge on any atom is 0.336 e. The van der Waals surface area contributed by atoms with Crippen LogP contribution in [0.4, 0.5) is 0 Å². The van der Waals surface area contributed by atoms with Crippen LogP contribution in [0.15, 0.2) is 39.5 Å². The van der Waals surface area contributed by atoms with Gasteiger partial charge in [-0.15, -0.1) is 0 Å². The number of rotatable bonds is 5.